The first-order valence-electron chi connectivity index (χ1n) is 8.24. The highest BCUT2D eigenvalue weighted by Gasteiger charge is 2.20. The lowest BCUT2D eigenvalue weighted by Gasteiger charge is -2.15. The number of carbonyl (C=O) groups excluding carboxylic acids is 2. The molecule has 0 radical (unpaired) electrons. The summed E-state index contributed by atoms with van der Waals surface area (Å²) in [4.78, 5) is 28.0. The molecule has 0 saturated heterocycles. The molecule has 2 heterocycles. The molecule has 0 fully saturated rings. The molecule has 0 spiro atoms. The van der Waals surface area contributed by atoms with Gasteiger partial charge < -0.3 is 21.1 Å². The van der Waals surface area contributed by atoms with Gasteiger partial charge in [-0.2, -0.15) is 5.10 Å². The van der Waals surface area contributed by atoms with Crippen LogP contribution >= 0.6 is 24.8 Å². The molecule has 0 unspecified atom stereocenters. The first kappa shape index (κ1) is 25.6. The van der Waals surface area contributed by atoms with E-state index in [1.54, 1.807) is 38.5 Å². The first-order valence-corrected chi connectivity index (χ1v) is 8.24. The summed E-state index contributed by atoms with van der Waals surface area (Å²) in [5.41, 5.74) is 6.78. The second kappa shape index (κ2) is 11.5. The second-order valence-electron chi connectivity index (χ2n) is 6.22. The van der Waals surface area contributed by atoms with Gasteiger partial charge in [-0.25, -0.2) is 4.68 Å². The van der Waals surface area contributed by atoms with Crippen molar-refractivity contribution in [3.63, 3.8) is 0 Å². The number of carbonyl (C=O) groups is 2. The van der Waals surface area contributed by atoms with Gasteiger partial charge in [-0.05, 0) is 25.0 Å². The second-order valence-corrected chi connectivity index (χ2v) is 6.22. The van der Waals surface area contributed by atoms with Crippen LogP contribution < -0.4 is 21.1 Å². The molecule has 4 N–H and O–H groups in total. The fraction of sp³-hybridized carbons (Fsp3) is 0.412. The minimum Gasteiger partial charge on any atom is -0.436 e. The van der Waals surface area contributed by atoms with Gasteiger partial charge in [0.15, 0.2) is 0 Å². The monoisotopic (exact) mass is 432 g/mol. The van der Waals surface area contributed by atoms with E-state index in [0.717, 1.165) is 0 Å². The standard InChI is InChI=1S/C17H24N6O3.2ClH/c1-10(2)14(18)16(25)20-9-13(24)21-15-11(3)22-23(4)17(15)26-12-6-5-7-19-8-12;;/h5-8,10,14H,9,18H2,1-4H3,(H,20,25)(H,21,24);2*1H/t14-;;/m0../s1. The van der Waals surface area contributed by atoms with Crippen molar-refractivity contribution in [2.75, 3.05) is 11.9 Å². The number of anilines is 1. The highest BCUT2D eigenvalue weighted by Crippen LogP contribution is 2.31. The van der Waals surface area contributed by atoms with E-state index < -0.39 is 11.9 Å². The zero-order valence-electron chi connectivity index (χ0n) is 16.1. The van der Waals surface area contributed by atoms with E-state index in [1.165, 1.54) is 4.68 Å². The molecule has 156 valence electrons. The fourth-order valence-electron chi connectivity index (χ4n) is 2.19. The number of hydrogen-bond donors (Lipinski definition) is 3. The van der Waals surface area contributed by atoms with Crippen LogP contribution in [0.15, 0.2) is 24.5 Å². The maximum Gasteiger partial charge on any atom is 0.243 e. The quantitative estimate of drug-likeness (QED) is 0.612. The number of nitrogens with zero attached hydrogens (tertiary/aromatic N) is 3. The Morgan fingerprint density at radius 3 is 2.57 bits per heavy atom. The number of nitrogens with two attached hydrogens (primary N) is 1. The van der Waals surface area contributed by atoms with Crippen LogP contribution in [0.1, 0.15) is 19.5 Å². The molecule has 28 heavy (non-hydrogen) atoms. The van der Waals surface area contributed by atoms with Crippen LogP contribution in [-0.4, -0.2) is 39.2 Å². The lowest BCUT2D eigenvalue weighted by Crippen LogP contribution is -2.46. The van der Waals surface area contributed by atoms with Crippen molar-refractivity contribution in [1.82, 2.24) is 20.1 Å². The van der Waals surface area contributed by atoms with Crippen molar-refractivity contribution in [1.29, 1.82) is 0 Å². The van der Waals surface area contributed by atoms with Crippen LogP contribution in [0, 0.1) is 12.8 Å². The minimum atomic E-state index is -0.660. The molecule has 0 aliphatic carbocycles. The van der Waals surface area contributed by atoms with E-state index >= 15 is 0 Å². The summed E-state index contributed by atoms with van der Waals surface area (Å²) in [6, 6.07) is 2.83. The number of amides is 2. The van der Waals surface area contributed by atoms with Crippen molar-refractivity contribution in [2.45, 2.75) is 26.8 Å². The van der Waals surface area contributed by atoms with Crippen LogP contribution in [0.25, 0.3) is 0 Å². The van der Waals surface area contributed by atoms with Gasteiger partial charge in [-0.15, -0.1) is 24.8 Å². The number of nitrogens with one attached hydrogen (secondary N) is 2. The summed E-state index contributed by atoms with van der Waals surface area (Å²) in [6.07, 6.45) is 3.19. The Labute approximate surface area is 176 Å². The van der Waals surface area contributed by atoms with E-state index in [0.29, 0.717) is 23.0 Å². The summed E-state index contributed by atoms with van der Waals surface area (Å²) in [7, 11) is 1.71. The Balaban J connectivity index is 0.00000364. The third-order valence-corrected chi connectivity index (χ3v) is 3.73. The number of halogens is 2. The summed E-state index contributed by atoms with van der Waals surface area (Å²) in [5.74, 6) is 0.0979. The molecular weight excluding hydrogens is 407 g/mol. The van der Waals surface area contributed by atoms with E-state index in [9.17, 15) is 9.59 Å². The minimum absolute atomic E-state index is 0. The topological polar surface area (TPSA) is 124 Å². The lowest BCUT2D eigenvalue weighted by atomic mass is 10.1. The predicted molar refractivity (Wildman–Crippen MR) is 111 cm³/mol. The normalized spacial score (nSPS) is 11.1. The molecule has 11 heteroatoms. The smallest absolute Gasteiger partial charge is 0.243 e. The fourth-order valence-corrected chi connectivity index (χ4v) is 2.19. The average molecular weight is 433 g/mol. The number of rotatable bonds is 7. The van der Waals surface area contributed by atoms with Crippen LogP contribution in [0.4, 0.5) is 5.69 Å². The van der Waals surface area contributed by atoms with Crippen molar-refractivity contribution < 1.29 is 14.3 Å². The molecule has 0 aliphatic heterocycles. The zero-order chi connectivity index (χ0) is 19.3. The number of pyridine rings is 1. The van der Waals surface area contributed by atoms with Crippen molar-refractivity contribution in [3.05, 3.63) is 30.2 Å². The Kier molecular flexibility index (Phi) is 10.5. The number of ether oxygens (including phenoxy) is 1. The van der Waals surface area contributed by atoms with Crippen LogP contribution in [0.3, 0.4) is 0 Å². The van der Waals surface area contributed by atoms with Crippen LogP contribution in [0.2, 0.25) is 0 Å². The van der Waals surface area contributed by atoms with E-state index in [1.807, 2.05) is 13.8 Å². The van der Waals surface area contributed by atoms with Gasteiger partial charge in [0.25, 0.3) is 0 Å². The summed E-state index contributed by atoms with van der Waals surface area (Å²) >= 11 is 0. The Morgan fingerprint density at radius 2 is 2.00 bits per heavy atom. The zero-order valence-corrected chi connectivity index (χ0v) is 17.8. The highest BCUT2D eigenvalue weighted by molar-refractivity contribution is 5.96. The molecule has 2 amide bonds. The maximum absolute atomic E-state index is 12.2. The van der Waals surface area contributed by atoms with Gasteiger partial charge in [0.1, 0.15) is 11.4 Å². The maximum atomic E-state index is 12.2. The van der Waals surface area contributed by atoms with Gasteiger partial charge in [0.05, 0.1) is 24.5 Å². The third-order valence-electron chi connectivity index (χ3n) is 3.73. The van der Waals surface area contributed by atoms with Crippen molar-refractivity contribution in [3.8, 4) is 11.6 Å². The molecule has 2 rings (SSSR count). The lowest BCUT2D eigenvalue weighted by molar-refractivity contribution is -0.125. The molecule has 9 nitrogen and oxygen atoms in total. The van der Waals surface area contributed by atoms with Crippen molar-refractivity contribution in [2.24, 2.45) is 18.7 Å². The number of hydrogen-bond acceptors (Lipinski definition) is 6. The van der Waals surface area contributed by atoms with E-state index in [-0.39, 0.29) is 43.2 Å². The number of aryl methyl sites for hydroxylation is 2. The molecule has 0 aliphatic rings. The van der Waals surface area contributed by atoms with Crippen molar-refractivity contribution >= 4 is 42.3 Å². The molecule has 0 aromatic carbocycles. The van der Waals surface area contributed by atoms with Gasteiger partial charge in [0, 0.05) is 13.2 Å². The van der Waals surface area contributed by atoms with Crippen LogP contribution in [0.5, 0.6) is 11.6 Å². The molecule has 2 aromatic rings. The van der Waals surface area contributed by atoms with E-state index in [2.05, 4.69) is 20.7 Å². The van der Waals surface area contributed by atoms with E-state index in [4.69, 9.17) is 10.5 Å². The summed E-state index contributed by atoms with van der Waals surface area (Å²) < 4.78 is 7.29. The van der Waals surface area contributed by atoms with Gasteiger partial charge in [-0.1, -0.05) is 13.8 Å². The molecular formula is C17H26Cl2N6O3. The Morgan fingerprint density at radius 1 is 1.32 bits per heavy atom. The van der Waals surface area contributed by atoms with Crippen LogP contribution in [-0.2, 0) is 16.6 Å². The Hall–Kier alpha value is -2.36. The SMILES string of the molecule is Cc1nn(C)c(Oc2cccnc2)c1NC(=O)CNC(=O)[C@@H](N)C(C)C.Cl.Cl. The average Bonchev–Trinajstić information content (AvgIpc) is 2.86. The molecule has 0 saturated carbocycles. The summed E-state index contributed by atoms with van der Waals surface area (Å²) in [5, 5.41) is 9.50. The molecule has 1 atom stereocenters. The number of aromatic nitrogens is 3. The summed E-state index contributed by atoms with van der Waals surface area (Å²) in [6.45, 7) is 5.23. The molecule has 2 aromatic heterocycles. The highest BCUT2D eigenvalue weighted by atomic mass is 35.5. The largest absolute Gasteiger partial charge is 0.436 e. The Bertz CT molecular complexity index is 783. The van der Waals surface area contributed by atoms with Gasteiger partial charge in [0.2, 0.25) is 17.7 Å². The molecule has 0 bridgehead atoms. The third kappa shape index (κ3) is 6.66. The van der Waals surface area contributed by atoms with Gasteiger partial charge >= 0.3 is 0 Å². The predicted octanol–water partition coefficient (Wildman–Crippen LogP) is 1.80. The van der Waals surface area contributed by atoms with Gasteiger partial charge in [-0.3, -0.25) is 14.6 Å². The first-order chi connectivity index (χ1) is 12.3.